The summed E-state index contributed by atoms with van der Waals surface area (Å²) in [4.78, 5) is 16.4. The van der Waals surface area contributed by atoms with Crippen LogP contribution >= 0.6 is 0 Å². The number of hydrogen-bond donors (Lipinski definition) is 2. The normalized spacial score (nSPS) is 12.0. The number of nitrogens with one attached hydrogen (secondary N) is 2. The predicted octanol–water partition coefficient (Wildman–Crippen LogP) is 1.37. The Kier molecular flexibility index (Phi) is 5.33. The first-order valence-corrected chi connectivity index (χ1v) is 8.66. The number of sulfone groups is 1. The molecule has 118 valence electrons. The minimum absolute atomic E-state index is 0.0581. The van der Waals surface area contributed by atoms with Gasteiger partial charge in [0, 0.05) is 30.6 Å². The van der Waals surface area contributed by atoms with Gasteiger partial charge in [-0.2, -0.15) is 0 Å². The lowest BCUT2D eigenvalue weighted by atomic mass is 10.1. The third-order valence-electron chi connectivity index (χ3n) is 3.25. The van der Waals surface area contributed by atoms with E-state index in [4.69, 9.17) is 0 Å². The van der Waals surface area contributed by atoms with Gasteiger partial charge in [0.05, 0.1) is 4.75 Å². The van der Waals surface area contributed by atoms with E-state index in [9.17, 15) is 13.2 Å². The highest BCUT2D eigenvalue weighted by atomic mass is 32.2. The molecule has 1 rings (SSSR count). The van der Waals surface area contributed by atoms with Crippen LogP contribution in [0.2, 0.25) is 0 Å². The van der Waals surface area contributed by atoms with E-state index in [1.165, 1.54) is 6.26 Å². The number of pyridine rings is 1. The Labute approximate surface area is 126 Å². The van der Waals surface area contributed by atoms with Crippen molar-refractivity contribution in [2.45, 2.75) is 32.4 Å². The van der Waals surface area contributed by atoms with E-state index in [2.05, 4.69) is 15.6 Å². The first kappa shape index (κ1) is 17.4. The zero-order valence-corrected chi connectivity index (χ0v) is 14.0. The number of rotatable bonds is 6. The quantitative estimate of drug-likeness (QED) is 0.828. The minimum Gasteiger partial charge on any atom is -0.370 e. The lowest BCUT2D eigenvalue weighted by molar-refractivity contribution is 0.0950. The van der Waals surface area contributed by atoms with Crippen LogP contribution in [0.3, 0.4) is 0 Å². The average Bonchev–Trinajstić information content (AvgIpc) is 2.34. The number of amides is 1. The number of anilines is 1. The van der Waals surface area contributed by atoms with Crippen molar-refractivity contribution in [2.24, 2.45) is 0 Å². The van der Waals surface area contributed by atoms with E-state index in [0.29, 0.717) is 17.9 Å². The van der Waals surface area contributed by atoms with Crippen molar-refractivity contribution in [1.82, 2.24) is 10.3 Å². The van der Waals surface area contributed by atoms with Crippen molar-refractivity contribution in [3.05, 3.63) is 23.4 Å². The number of carbonyl (C=O) groups is 1. The highest BCUT2D eigenvalue weighted by Crippen LogP contribution is 2.14. The summed E-state index contributed by atoms with van der Waals surface area (Å²) in [6.45, 7) is 7.69. The molecule has 0 atom stereocenters. The summed E-state index contributed by atoms with van der Waals surface area (Å²) in [5.41, 5.74) is 1.18. The van der Waals surface area contributed by atoms with E-state index in [1.54, 1.807) is 32.9 Å². The summed E-state index contributed by atoms with van der Waals surface area (Å²) in [7, 11) is -3.24. The Balaban J connectivity index is 2.86. The largest absolute Gasteiger partial charge is 0.370 e. The molecule has 0 aliphatic rings. The standard InChI is InChI=1S/C14H23N3O3S/c1-6-15-12-8-11(7-10(2)17-12)13(18)16-9-14(3,4)21(5,19)20/h7-8H,6,9H2,1-5H3,(H,15,17)(H,16,18). The topological polar surface area (TPSA) is 88.2 Å². The van der Waals surface area contributed by atoms with Gasteiger partial charge in [0.2, 0.25) is 0 Å². The van der Waals surface area contributed by atoms with Gasteiger partial charge in [-0.05, 0) is 39.8 Å². The molecule has 0 aromatic carbocycles. The van der Waals surface area contributed by atoms with Crippen LogP contribution in [0.25, 0.3) is 0 Å². The summed E-state index contributed by atoms with van der Waals surface area (Å²) in [6, 6.07) is 3.32. The van der Waals surface area contributed by atoms with Crippen molar-refractivity contribution in [2.75, 3.05) is 24.7 Å². The SMILES string of the molecule is CCNc1cc(C(=O)NCC(C)(C)S(C)(=O)=O)cc(C)n1. The van der Waals surface area contributed by atoms with Gasteiger partial charge >= 0.3 is 0 Å². The molecule has 2 N–H and O–H groups in total. The van der Waals surface area contributed by atoms with Gasteiger partial charge in [0.1, 0.15) is 5.82 Å². The summed E-state index contributed by atoms with van der Waals surface area (Å²) in [5.74, 6) is 0.321. The fourth-order valence-electron chi connectivity index (χ4n) is 1.60. The number of aryl methyl sites for hydroxylation is 1. The van der Waals surface area contributed by atoms with Crippen LogP contribution < -0.4 is 10.6 Å². The molecule has 1 aromatic heterocycles. The number of nitrogens with zero attached hydrogens (tertiary/aromatic N) is 1. The number of carbonyl (C=O) groups excluding carboxylic acids is 1. The van der Waals surface area contributed by atoms with E-state index in [0.717, 1.165) is 5.69 Å². The van der Waals surface area contributed by atoms with E-state index < -0.39 is 14.6 Å². The van der Waals surface area contributed by atoms with Crippen LogP contribution in [0.4, 0.5) is 5.82 Å². The molecular weight excluding hydrogens is 290 g/mol. The Bertz CT molecular complexity index is 624. The van der Waals surface area contributed by atoms with Crippen molar-refractivity contribution >= 4 is 21.6 Å². The lowest BCUT2D eigenvalue weighted by Gasteiger charge is -2.22. The molecule has 7 heteroatoms. The van der Waals surface area contributed by atoms with Crippen LogP contribution in [0, 0.1) is 6.92 Å². The van der Waals surface area contributed by atoms with E-state index in [1.807, 2.05) is 6.92 Å². The van der Waals surface area contributed by atoms with Gasteiger partial charge in [0.25, 0.3) is 5.91 Å². The molecule has 0 aliphatic heterocycles. The third kappa shape index (κ3) is 4.70. The maximum absolute atomic E-state index is 12.2. The van der Waals surface area contributed by atoms with Gasteiger partial charge in [-0.3, -0.25) is 4.79 Å². The third-order valence-corrected chi connectivity index (χ3v) is 5.40. The number of aromatic nitrogens is 1. The molecule has 1 amide bonds. The molecule has 1 heterocycles. The maximum atomic E-state index is 12.2. The van der Waals surface area contributed by atoms with Crippen LogP contribution in [-0.2, 0) is 9.84 Å². The fraction of sp³-hybridized carbons (Fsp3) is 0.571. The Morgan fingerprint density at radius 2 is 1.95 bits per heavy atom. The molecule has 0 radical (unpaired) electrons. The molecule has 0 unspecified atom stereocenters. The number of hydrogen-bond acceptors (Lipinski definition) is 5. The monoisotopic (exact) mass is 313 g/mol. The molecule has 0 aliphatic carbocycles. The second-order valence-electron chi connectivity index (χ2n) is 5.63. The Morgan fingerprint density at radius 3 is 2.48 bits per heavy atom. The molecule has 0 spiro atoms. The second-order valence-corrected chi connectivity index (χ2v) is 8.28. The van der Waals surface area contributed by atoms with Crippen LogP contribution in [0.1, 0.15) is 36.8 Å². The summed E-state index contributed by atoms with van der Waals surface area (Å²) in [5, 5.41) is 5.72. The van der Waals surface area contributed by atoms with Gasteiger partial charge in [-0.25, -0.2) is 13.4 Å². The molecule has 21 heavy (non-hydrogen) atoms. The van der Waals surface area contributed by atoms with Crippen molar-refractivity contribution < 1.29 is 13.2 Å². The molecule has 0 bridgehead atoms. The zero-order chi connectivity index (χ0) is 16.3. The molecule has 6 nitrogen and oxygen atoms in total. The van der Waals surface area contributed by atoms with Gasteiger partial charge in [-0.15, -0.1) is 0 Å². The van der Waals surface area contributed by atoms with Crippen LogP contribution in [0.15, 0.2) is 12.1 Å². The van der Waals surface area contributed by atoms with E-state index in [-0.39, 0.29) is 12.5 Å². The molecule has 0 saturated carbocycles. The summed E-state index contributed by atoms with van der Waals surface area (Å²) < 4.78 is 22.2. The Hall–Kier alpha value is -1.63. The van der Waals surface area contributed by atoms with E-state index >= 15 is 0 Å². The van der Waals surface area contributed by atoms with Crippen molar-refractivity contribution in [1.29, 1.82) is 0 Å². The fourth-order valence-corrected chi connectivity index (χ4v) is 1.93. The van der Waals surface area contributed by atoms with Gasteiger partial charge in [-0.1, -0.05) is 0 Å². The van der Waals surface area contributed by atoms with Gasteiger partial charge in [0.15, 0.2) is 9.84 Å². The first-order chi connectivity index (χ1) is 9.56. The average molecular weight is 313 g/mol. The second kappa shape index (κ2) is 6.43. The van der Waals surface area contributed by atoms with Gasteiger partial charge < -0.3 is 10.6 Å². The minimum atomic E-state index is -3.24. The highest BCUT2D eigenvalue weighted by Gasteiger charge is 2.30. The summed E-state index contributed by atoms with van der Waals surface area (Å²) >= 11 is 0. The Morgan fingerprint density at radius 1 is 1.33 bits per heavy atom. The van der Waals surface area contributed by atoms with Crippen molar-refractivity contribution in [3.63, 3.8) is 0 Å². The smallest absolute Gasteiger partial charge is 0.251 e. The maximum Gasteiger partial charge on any atom is 0.251 e. The first-order valence-electron chi connectivity index (χ1n) is 6.77. The summed E-state index contributed by atoms with van der Waals surface area (Å²) in [6.07, 6.45) is 1.17. The molecule has 1 aromatic rings. The molecular formula is C14H23N3O3S. The van der Waals surface area contributed by atoms with Crippen molar-refractivity contribution in [3.8, 4) is 0 Å². The predicted molar refractivity (Wildman–Crippen MR) is 84.4 cm³/mol. The molecule has 0 fully saturated rings. The van der Waals surface area contributed by atoms with Crippen LogP contribution in [0.5, 0.6) is 0 Å². The zero-order valence-electron chi connectivity index (χ0n) is 13.1. The van der Waals surface area contributed by atoms with Crippen LogP contribution in [-0.4, -0.2) is 43.4 Å². The molecule has 0 saturated heterocycles. The highest BCUT2D eigenvalue weighted by molar-refractivity contribution is 7.92. The lowest BCUT2D eigenvalue weighted by Crippen LogP contribution is -2.43.